The number of halogens is 1. The van der Waals surface area contributed by atoms with Gasteiger partial charge in [0.1, 0.15) is 12.7 Å². The molecule has 0 fully saturated rings. The molecule has 0 radical (unpaired) electrons. The molecule has 0 saturated heterocycles. The SMILES string of the molecule is COc1cc(C(=O)OCc2cn3ccccc3c2C#N)cc(Cl)c1OC(C)C. The first kappa shape index (κ1) is 19.6. The maximum absolute atomic E-state index is 12.5. The molecule has 7 heteroatoms. The number of nitrogens with zero attached hydrogens (tertiary/aromatic N) is 2. The number of rotatable bonds is 6. The molecule has 0 aliphatic carbocycles. The quantitative estimate of drug-likeness (QED) is 0.566. The molecule has 0 bridgehead atoms. The van der Waals surface area contributed by atoms with Gasteiger partial charge in [0.2, 0.25) is 0 Å². The molecular formula is C21H19ClN2O4. The monoisotopic (exact) mass is 398 g/mol. The Morgan fingerprint density at radius 3 is 2.79 bits per heavy atom. The zero-order chi connectivity index (χ0) is 20.3. The Hall–Kier alpha value is -3.17. The highest BCUT2D eigenvalue weighted by atomic mass is 35.5. The van der Waals surface area contributed by atoms with Gasteiger partial charge in [-0.1, -0.05) is 17.7 Å². The number of carbonyl (C=O) groups is 1. The first-order valence-electron chi connectivity index (χ1n) is 8.64. The summed E-state index contributed by atoms with van der Waals surface area (Å²) in [5.41, 5.74) is 2.10. The van der Waals surface area contributed by atoms with E-state index in [0.717, 1.165) is 5.52 Å². The molecular weight excluding hydrogens is 380 g/mol. The Morgan fingerprint density at radius 2 is 2.11 bits per heavy atom. The van der Waals surface area contributed by atoms with Gasteiger partial charge in [-0.3, -0.25) is 0 Å². The summed E-state index contributed by atoms with van der Waals surface area (Å²) in [5.74, 6) is 0.150. The number of esters is 1. The molecule has 28 heavy (non-hydrogen) atoms. The standard InChI is InChI=1S/C21H19ClN2O4/c1-13(2)28-20-17(22)8-14(9-19(20)26-3)21(25)27-12-15-11-24-7-5-4-6-18(24)16(15)10-23/h4-9,11,13H,12H2,1-3H3. The van der Waals surface area contributed by atoms with Crippen molar-refractivity contribution in [3.05, 3.63) is 64.4 Å². The molecule has 0 aliphatic heterocycles. The lowest BCUT2D eigenvalue weighted by Crippen LogP contribution is -2.10. The van der Waals surface area contributed by atoms with Crippen molar-refractivity contribution in [1.29, 1.82) is 5.26 Å². The highest BCUT2D eigenvalue weighted by Gasteiger charge is 2.19. The van der Waals surface area contributed by atoms with Crippen LogP contribution < -0.4 is 9.47 Å². The van der Waals surface area contributed by atoms with Crippen LogP contribution in [0.2, 0.25) is 5.02 Å². The molecule has 6 nitrogen and oxygen atoms in total. The smallest absolute Gasteiger partial charge is 0.338 e. The summed E-state index contributed by atoms with van der Waals surface area (Å²) >= 11 is 6.26. The van der Waals surface area contributed by atoms with E-state index in [1.807, 2.05) is 42.6 Å². The number of benzene rings is 1. The maximum atomic E-state index is 12.5. The van der Waals surface area contributed by atoms with E-state index in [1.165, 1.54) is 19.2 Å². The summed E-state index contributed by atoms with van der Waals surface area (Å²) in [6.07, 6.45) is 3.51. The second-order valence-corrected chi connectivity index (χ2v) is 6.77. The zero-order valence-corrected chi connectivity index (χ0v) is 16.5. The molecule has 1 aromatic carbocycles. The van der Waals surface area contributed by atoms with Crippen molar-refractivity contribution in [2.75, 3.05) is 7.11 Å². The number of carbonyl (C=O) groups excluding carboxylic acids is 1. The molecule has 3 aromatic rings. The number of pyridine rings is 1. The predicted octanol–water partition coefficient (Wildman–Crippen LogP) is 4.62. The first-order chi connectivity index (χ1) is 13.4. The average molecular weight is 399 g/mol. The lowest BCUT2D eigenvalue weighted by molar-refractivity contribution is 0.0472. The molecule has 0 aliphatic rings. The van der Waals surface area contributed by atoms with Gasteiger partial charge < -0.3 is 18.6 Å². The van der Waals surface area contributed by atoms with E-state index in [9.17, 15) is 10.1 Å². The summed E-state index contributed by atoms with van der Waals surface area (Å²) in [6, 6.07) is 10.7. The molecule has 0 spiro atoms. The first-order valence-corrected chi connectivity index (χ1v) is 9.02. The average Bonchev–Trinajstić information content (AvgIpc) is 3.04. The molecule has 2 heterocycles. The van der Waals surface area contributed by atoms with E-state index in [1.54, 1.807) is 6.20 Å². The third-order valence-electron chi connectivity index (χ3n) is 4.05. The third kappa shape index (κ3) is 3.90. The second-order valence-electron chi connectivity index (χ2n) is 6.37. The van der Waals surface area contributed by atoms with Crippen LogP contribution in [-0.4, -0.2) is 23.6 Å². The molecule has 3 rings (SSSR count). The van der Waals surface area contributed by atoms with Crippen LogP contribution in [-0.2, 0) is 11.3 Å². The van der Waals surface area contributed by atoms with E-state index in [4.69, 9.17) is 25.8 Å². The summed E-state index contributed by atoms with van der Waals surface area (Å²) in [5, 5.41) is 9.70. The lowest BCUT2D eigenvalue weighted by atomic mass is 10.2. The number of ether oxygens (including phenoxy) is 3. The highest BCUT2D eigenvalue weighted by molar-refractivity contribution is 6.32. The van der Waals surface area contributed by atoms with E-state index in [0.29, 0.717) is 22.6 Å². The van der Waals surface area contributed by atoms with Crippen LogP contribution in [0.3, 0.4) is 0 Å². The van der Waals surface area contributed by atoms with Crippen molar-refractivity contribution >= 4 is 23.1 Å². The minimum Gasteiger partial charge on any atom is -0.493 e. The summed E-state index contributed by atoms with van der Waals surface area (Å²) in [4.78, 5) is 12.5. The van der Waals surface area contributed by atoms with Crippen molar-refractivity contribution in [3.63, 3.8) is 0 Å². The number of aromatic nitrogens is 1. The van der Waals surface area contributed by atoms with Gasteiger partial charge in [0.05, 0.1) is 34.9 Å². The summed E-state index contributed by atoms with van der Waals surface area (Å²) in [7, 11) is 1.47. The molecule has 0 amide bonds. The third-order valence-corrected chi connectivity index (χ3v) is 4.33. The molecule has 0 N–H and O–H groups in total. The van der Waals surface area contributed by atoms with Crippen molar-refractivity contribution < 1.29 is 19.0 Å². The number of nitriles is 1. The van der Waals surface area contributed by atoms with E-state index < -0.39 is 5.97 Å². The van der Waals surface area contributed by atoms with Gasteiger partial charge in [0.15, 0.2) is 11.5 Å². The van der Waals surface area contributed by atoms with Gasteiger partial charge in [-0.25, -0.2) is 4.79 Å². The Bertz CT molecular complexity index is 1070. The number of hydrogen-bond acceptors (Lipinski definition) is 5. The Balaban J connectivity index is 1.82. The van der Waals surface area contributed by atoms with Crippen LogP contribution in [0.15, 0.2) is 42.7 Å². The van der Waals surface area contributed by atoms with Gasteiger partial charge in [-0.2, -0.15) is 5.26 Å². The van der Waals surface area contributed by atoms with Crippen LogP contribution in [0.5, 0.6) is 11.5 Å². The van der Waals surface area contributed by atoms with Gasteiger partial charge in [-0.15, -0.1) is 0 Å². The van der Waals surface area contributed by atoms with Gasteiger partial charge >= 0.3 is 5.97 Å². The molecule has 2 aromatic heterocycles. The summed E-state index contributed by atoms with van der Waals surface area (Å²) in [6.45, 7) is 3.70. The molecule has 0 saturated carbocycles. The van der Waals surface area contributed by atoms with Crippen molar-refractivity contribution in [3.8, 4) is 17.6 Å². The van der Waals surface area contributed by atoms with Gasteiger partial charge in [0.25, 0.3) is 0 Å². The van der Waals surface area contributed by atoms with Gasteiger partial charge in [-0.05, 0) is 38.1 Å². The Kier molecular flexibility index (Phi) is 5.76. The van der Waals surface area contributed by atoms with E-state index in [2.05, 4.69) is 6.07 Å². The lowest BCUT2D eigenvalue weighted by Gasteiger charge is -2.16. The molecule has 0 unspecified atom stereocenters. The number of fused-ring (bicyclic) bond motifs is 1. The fraction of sp³-hybridized carbons (Fsp3) is 0.238. The fourth-order valence-electron chi connectivity index (χ4n) is 2.83. The highest BCUT2D eigenvalue weighted by Crippen LogP contribution is 2.37. The number of hydrogen-bond donors (Lipinski definition) is 0. The normalized spacial score (nSPS) is 10.7. The van der Waals surface area contributed by atoms with Crippen LogP contribution >= 0.6 is 11.6 Å². The van der Waals surface area contributed by atoms with Crippen LogP contribution in [0, 0.1) is 11.3 Å². The fourth-order valence-corrected chi connectivity index (χ4v) is 3.09. The molecule has 144 valence electrons. The van der Waals surface area contributed by atoms with E-state index >= 15 is 0 Å². The predicted molar refractivity (Wildman–Crippen MR) is 105 cm³/mol. The zero-order valence-electron chi connectivity index (χ0n) is 15.7. The van der Waals surface area contributed by atoms with Crippen molar-refractivity contribution in [2.45, 2.75) is 26.6 Å². The Morgan fingerprint density at radius 1 is 1.32 bits per heavy atom. The van der Waals surface area contributed by atoms with Crippen LogP contribution in [0.1, 0.15) is 35.3 Å². The minimum atomic E-state index is -0.574. The van der Waals surface area contributed by atoms with E-state index in [-0.39, 0.29) is 23.3 Å². The number of methoxy groups -OCH3 is 1. The van der Waals surface area contributed by atoms with Gasteiger partial charge in [0, 0.05) is 18.0 Å². The van der Waals surface area contributed by atoms with Crippen molar-refractivity contribution in [2.24, 2.45) is 0 Å². The Labute approximate surface area is 167 Å². The largest absolute Gasteiger partial charge is 0.493 e. The minimum absolute atomic E-state index is 0.0341. The molecule has 0 atom stereocenters. The maximum Gasteiger partial charge on any atom is 0.338 e. The van der Waals surface area contributed by atoms with Crippen LogP contribution in [0.4, 0.5) is 0 Å². The topological polar surface area (TPSA) is 73.0 Å². The second kappa shape index (κ2) is 8.24. The van der Waals surface area contributed by atoms with Crippen molar-refractivity contribution in [1.82, 2.24) is 4.40 Å². The summed E-state index contributed by atoms with van der Waals surface area (Å²) < 4.78 is 18.2. The van der Waals surface area contributed by atoms with Crippen LogP contribution in [0.25, 0.3) is 5.52 Å².